The second-order valence-corrected chi connectivity index (χ2v) is 5.56. The van der Waals surface area contributed by atoms with E-state index in [2.05, 4.69) is 21.8 Å². The van der Waals surface area contributed by atoms with E-state index in [0.717, 1.165) is 28.9 Å². The Morgan fingerprint density at radius 3 is 3.06 bits per heavy atom. The summed E-state index contributed by atoms with van der Waals surface area (Å²) in [7, 11) is 0. The Hall–Kier alpha value is -1.20. The number of hydrogen-bond acceptors (Lipinski definition) is 5. The first-order valence-electron chi connectivity index (χ1n) is 5.87. The molecule has 1 N–H and O–H groups in total. The lowest BCUT2D eigenvalue weighted by atomic mass is 9.89. The number of nitrogens with zero attached hydrogens (tertiary/aromatic N) is 3. The van der Waals surface area contributed by atoms with Gasteiger partial charge in [0.2, 0.25) is 0 Å². The van der Waals surface area contributed by atoms with Gasteiger partial charge in [-0.1, -0.05) is 13.3 Å². The van der Waals surface area contributed by atoms with Crippen LogP contribution in [0.4, 0.5) is 5.82 Å². The van der Waals surface area contributed by atoms with E-state index < -0.39 is 5.60 Å². The molecule has 0 amide bonds. The summed E-state index contributed by atoms with van der Waals surface area (Å²) in [6.45, 7) is 3.47. The average molecular weight is 249 g/mol. The van der Waals surface area contributed by atoms with Crippen LogP contribution in [0.2, 0.25) is 0 Å². The maximum atomic E-state index is 10.2. The number of rotatable bonds is 3. The van der Waals surface area contributed by atoms with E-state index in [-0.39, 0.29) is 0 Å². The Morgan fingerprint density at radius 1 is 1.47 bits per heavy atom. The quantitative estimate of drug-likeness (QED) is 0.904. The SMILES string of the molecule is CCCC1(O)CN(c2ncnc3sccc23)C1. The molecule has 1 fully saturated rings. The summed E-state index contributed by atoms with van der Waals surface area (Å²) >= 11 is 1.62. The van der Waals surface area contributed by atoms with E-state index >= 15 is 0 Å². The maximum Gasteiger partial charge on any atom is 0.140 e. The zero-order chi connectivity index (χ0) is 11.9. The van der Waals surface area contributed by atoms with Crippen LogP contribution in [0, 0.1) is 0 Å². The highest BCUT2D eigenvalue weighted by molar-refractivity contribution is 7.16. The predicted molar refractivity (Wildman–Crippen MR) is 69.5 cm³/mol. The molecule has 1 aliphatic rings. The average Bonchev–Trinajstić information content (AvgIpc) is 2.73. The summed E-state index contributed by atoms with van der Waals surface area (Å²) < 4.78 is 0. The minimum Gasteiger partial charge on any atom is -0.386 e. The third kappa shape index (κ3) is 1.79. The zero-order valence-electron chi connectivity index (χ0n) is 9.76. The normalized spacial score (nSPS) is 18.4. The third-order valence-corrected chi connectivity index (χ3v) is 4.05. The maximum absolute atomic E-state index is 10.2. The van der Waals surface area contributed by atoms with Crippen LogP contribution in [-0.2, 0) is 0 Å². The molecule has 0 spiro atoms. The number of β-amino-alcohol motifs (C(OH)–C–C–N with tert-alkyl or cyclic N) is 1. The second kappa shape index (κ2) is 3.92. The first-order valence-corrected chi connectivity index (χ1v) is 6.75. The smallest absolute Gasteiger partial charge is 0.140 e. The Kier molecular flexibility index (Phi) is 2.52. The van der Waals surface area contributed by atoms with Crippen molar-refractivity contribution >= 4 is 27.4 Å². The number of hydrogen-bond donors (Lipinski definition) is 1. The molecule has 2 aromatic rings. The first-order chi connectivity index (χ1) is 8.22. The van der Waals surface area contributed by atoms with Crippen molar-refractivity contribution in [1.82, 2.24) is 9.97 Å². The molecule has 1 aliphatic heterocycles. The highest BCUT2D eigenvalue weighted by Crippen LogP contribution is 2.34. The van der Waals surface area contributed by atoms with Gasteiger partial charge < -0.3 is 10.0 Å². The molecule has 0 saturated carbocycles. The molecule has 4 nitrogen and oxygen atoms in total. The Balaban J connectivity index is 1.85. The van der Waals surface area contributed by atoms with Crippen LogP contribution in [0.15, 0.2) is 17.8 Å². The predicted octanol–water partition coefficient (Wildman–Crippen LogP) is 2.04. The van der Waals surface area contributed by atoms with E-state index in [0.29, 0.717) is 13.1 Å². The van der Waals surface area contributed by atoms with Gasteiger partial charge in [0, 0.05) is 13.1 Å². The number of anilines is 1. The molecular weight excluding hydrogens is 234 g/mol. The summed E-state index contributed by atoms with van der Waals surface area (Å²) in [5.74, 6) is 0.956. The van der Waals surface area contributed by atoms with Gasteiger partial charge in [-0.25, -0.2) is 9.97 Å². The number of aliphatic hydroxyl groups is 1. The molecule has 0 unspecified atom stereocenters. The van der Waals surface area contributed by atoms with E-state index in [1.807, 2.05) is 11.4 Å². The molecule has 0 aromatic carbocycles. The van der Waals surface area contributed by atoms with Gasteiger partial charge in [0.15, 0.2) is 0 Å². The van der Waals surface area contributed by atoms with Crippen molar-refractivity contribution < 1.29 is 5.11 Å². The molecule has 0 aliphatic carbocycles. The van der Waals surface area contributed by atoms with Gasteiger partial charge in [-0.3, -0.25) is 0 Å². The van der Waals surface area contributed by atoms with Gasteiger partial charge in [-0.2, -0.15) is 0 Å². The van der Waals surface area contributed by atoms with Gasteiger partial charge in [-0.05, 0) is 17.9 Å². The Bertz CT molecular complexity index is 533. The summed E-state index contributed by atoms with van der Waals surface area (Å²) in [6.07, 6.45) is 3.48. The molecule has 90 valence electrons. The van der Waals surface area contributed by atoms with Crippen molar-refractivity contribution in [2.45, 2.75) is 25.4 Å². The fourth-order valence-corrected chi connectivity index (χ4v) is 3.19. The number of thiophene rings is 1. The monoisotopic (exact) mass is 249 g/mol. The van der Waals surface area contributed by atoms with E-state index in [1.165, 1.54) is 0 Å². The van der Waals surface area contributed by atoms with Crippen molar-refractivity contribution in [2.24, 2.45) is 0 Å². The van der Waals surface area contributed by atoms with Crippen LogP contribution in [0.25, 0.3) is 10.2 Å². The number of fused-ring (bicyclic) bond motifs is 1. The molecule has 3 rings (SSSR count). The molecule has 2 aromatic heterocycles. The molecule has 3 heterocycles. The first kappa shape index (κ1) is 10.9. The molecule has 0 radical (unpaired) electrons. The van der Waals surface area contributed by atoms with E-state index in [9.17, 15) is 5.11 Å². The standard InChI is InChI=1S/C12H15N3OS/c1-2-4-12(16)6-15(7-12)10-9-3-5-17-11(9)14-8-13-10/h3,5,8,16H,2,4,6-7H2,1H3. The Morgan fingerprint density at radius 2 is 2.29 bits per heavy atom. The molecule has 17 heavy (non-hydrogen) atoms. The summed E-state index contributed by atoms with van der Waals surface area (Å²) in [5.41, 5.74) is -0.512. The fourth-order valence-electron chi connectivity index (χ4n) is 2.47. The van der Waals surface area contributed by atoms with Crippen molar-refractivity contribution in [1.29, 1.82) is 0 Å². The molecule has 0 atom stereocenters. The molecular formula is C12H15N3OS. The minimum atomic E-state index is -0.512. The number of aromatic nitrogens is 2. The van der Waals surface area contributed by atoms with Crippen molar-refractivity contribution in [3.63, 3.8) is 0 Å². The summed E-state index contributed by atoms with van der Waals surface area (Å²) in [5, 5.41) is 13.3. The van der Waals surface area contributed by atoms with Crippen LogP contribution in [0.3, 0.4) is 0 Å². The lowest BCUT2D eigenvalue weighted by Gasteiger charge is -2.47. The fraction of sp³-hybridized carbons (Fsp3) is 0.500. The van der Waals surface area contributed by atoms with Crippen LogP contribution in [0.5, 0.6) is 0 Å². The van der Waals surface area contributed by atoms with Crippen molar-refractivity contribution in [3.05, 3.63) is 17.8 Å². The van der Waals surface area contributed by atoms with Gasteiger partial charge in [0.1, 0.15) is 17.0 Å². The van der Waals surface area contributed by atoms with Gasteiger partial charge in [0.25, 0.3) is 0 Å². The summed E-state index contributed by atoms with van der Waals surface area (Å²) in [6, 6.07) is 2.05. The Labute approximate surface area is 104 Å². The summed E-state index contributed by atoms with van der Waals surface area (Å²) in [4.78, 5) is 11.7. The molecule has 0 bridgehead atoms. The minimum absolute atomic E-state index is 0.512. The second-order valence-electron chi connectivity index (χ2n) is 4.67. The van der Waals surface area contributed by atoms with Crippen molar-refractivity contribution in [3.8, 4) is 0 Å². The van der Waals surface area contributed by atoms with Gasteiger partial charge >= 0.3 is 0 Å². The van der Waals surface area contributed by atoms with Crippen molar-refractivity contribution in [2.75, 3.05) is 18.0 Å². The third-order valence-electron chi connectivity index (χ3n) is 3.23. The van der Waals surface area contributed by atoms with Gasteiger partial charge in [0.05, 0.1) is 11.0 Å². The highest BCUT2D eigenvalue weighted by Gasteiger charge is 2.41. The highest BCUT2D eigenvalue weighted by atomic mass is 32.1. The lowest BCUT2D eigenvalue weighted by Crippen LogP contribution is -2.62. The molecule has 1 saturated heterocycles. The van der Waals surface area contributed by atoms with Crippen LogP contribution in [-0.4, -0.2) is 33.8 Å². The van der Waals surface area contributed by atoms with E-state index in [1.54, 1.807) is 17.7 Å². The topological polar surface area (TPSA) is 49.2 Å². The lowest BCUT2D eigenvalue weighted by molar-refractivity contribution is 0.00311. The van der Waals surface area contributed by atoms with Crippen LogP contribution in [0.1, 0.15) is 19.8 Å². The zero-order valence-corrected chi connectivity index (χ0v) is 10.6. The van der Waals surface area contributed by atoms with Crippen LogP contribution >= 0.6 is 11.3 Å². The molecule has 5 heteroatoms. The van der Waals surface area contributed by atoms with Crippen LogP contribution < -0.4 is 4.90 Å². The van der Waals surface area contributed by atoms with E-state index in [4.69, 9.17) is 0 Å². The van der Waals surface area contributed by atoms with Gasteiger partial charge in [-0.15, -0.1) is 11.3 Å². The largest absolute Gasteiger partial charge is 0.386 e.